The van der Waals surface area contributed by atoms with Gasteiger partial charge in [-0.25, -0.2) is 9.78 Å². The first-order chi connectivity index (χ1) is 10.1. The highest BCUT2D eigenvalue weighted by molar-refractivity contribution is 5.85. The number of aromatic carboxylic acids is 1. The SMILES string of the molecule is CC1CN2CCCCC2CN1Cc1ccnc(C(=O)O)c1. The molecule has 3 rings (SSSR count). The van der Waals surface area contributed by atoms with Crippen LogP contribution in [0.5, 0.6) is 0 Å². The number of carboxylic acids is 1. The first-order valence-corrected chi connectivity index (χ1v) is 7.80. The molecule has 1 aromatic rings. The summed E-state index contributed by atoms with van der Waals surface area (Å²) in [6.07, 6.45) is 5.55. The zero-order valence-electron chi connectivity index (χ0n) is 12.5. The van der Waals surface area contributed by atoms with E-state index >= 15 is 0 Å². The molecule has 1 aromatic heterocycles. The Balaban J connectivity index is 1.69. The van der Waals surface area contributed by atoms with Gasteiger partial charge in [0.25, 0.3) is 0 Å². The van der Waals surface area contributed by atoms with E-state index < -0.39 is 5.97 Å². The van der Waals surface area contributed by atoms with Crippen LogP contribution in [0, 0.1) is 0 Å². The molecule has 21 heavy (non-hydrogen) atoms. The van der Waals surface area contributed by atoms with Crippen molar-refractivity contribution >= 4 is 5.97 Å². The van der Waals surface area contributed by atoms with Crippen LogP contribution >= 0.6 is 0 Å². The minimum Gasteiger partial charge on any atom is -0.477 e. The number of aromatic nitrogens is 1. The van der Waals surface area contributed by atoms with E-state index in [1.807, 2.05) is 6.07 Å². The number of carbonyl (C=O) groups is 1. The lowest BCUT2D eigenvalue weighted by Gasteiger charge is -2.47. The Hall–Kier alpha value is -1.46. The lowest BCUT2D eigenvalue weighted by molar-refractivity contribution is 0.0110. The molecule has 5 nitrogen and oxygen atoms in total. The van der Waals surface area contributed by atoms with Gasteiger partial charge in [-0.05, 0) is 44.0 Å². The normalized spacial score (nSPS) is 27.3. The van der Waals surface area contributed by atoms with E-state index in [-0.39, 0.29) is 5.69 Å². The molecule has 0 aromatic carbocycles. The van der Waals surface area contributed by atoms with Gasteiger partial charge in [0.1, 0.15) is 5.69 Å². The highest BCUT2D eigenvalue weighted by Crippen LogP contribution is 2.25. The maximum Gasteiger partial charge on any atom is 0.354 e. The van der Waals surface area contributed by atoms with Gasteiger partial charge in [0.15, 0.2) is 0 Å². The molecule has 2 saturated heterocycles. The molecule has 2 unspecified atom stereocenters. The van der Waals surface area contributed by atoms with Gasteiger partial charge in [-0.2, -0.15) is 0 Å². The fourth-order valence-corrected chi connectivity index (χ4v) is 3.56. The Morgan fingerprint density at radius 2 is 2.29 bits per heavy atom. The van der Waals surface area contributed by atoms with Crippen LogP contribution in [0.2, 0.25) is 0 Å². The zero-order valence-corrected chi connectivity index (χ0v) is 12.5. The Labute approximate surface area is 125 Å². The van der Waals surface area contributed by atoms with E-state index in [1.54, 1.807) is 12.3 Å². The van der Waals surface area contributed by atoms with Gasteiger partial charge in [-0.1, -0.05) is 6.42 Å². The van der Waals surface area contributed by atoms with Gasteiger partial charge in [0, 0.05) is 37.9 Å². The Kier molecular flexibility index (Phi) is 4.22. The molecule has 1 N–H and O–H groups in total. The summed E-state index contributed by atoms with van der Waals surface area (Å²) in [4.78, 5) is 20.0. The van der Waals surface area contributed by atoms with Crippen molar-refractivity contribution in [2.45, 2.75) is 44.8 Å². The predicted octanol–water partition coefficient (Wildman–Crippen LogP) is 1.84. The Bertz CT molecular complexity index is 520. The zero-order chi connectivity index (χ0) is 14.8. The third kappa shape index (κ3) is 3.24. The van der Waals surface area contributed by atoms with Crippen molar-refractivity contribution in [3.05, 3.63) is 29.6 Å². The maximum atomic E-state index is 11.0. The molecule has 2 atom stereocenters. The molecule has 2 fully saturated rings. The molecule has 0 saturated carbocycles. The molecule has 0 bridgehead atoms. The fourth-order valence-electron chi connectivity index (χ4n) is 3.56. The van der Waals surface area contributed by atoms with E-state index in [1.165, 1.54) is 25.8 Å². The van der Waals surface area contributed by atoms with Crippen molar-refractivity contribution in [3.8, 4) is 0 Å². The maximum absolute atomic E-state index is 11.0. The number of hydrogen-bond acceptors (Lipinski definition) is 4. The molecule has 0 aliphatic carbocycles. The van der Waals surface area contributed by atoms with Crippen LogP contribution in [0.4, 0.5) is 0 Å². The van der Waals surface area contributed by atoms with Crippen molar-refractivity contribution in [2.75, 3.05) is 19.6 Å². The summed E-state index contributed by atoms with van der Waals surface area (Å²) in [5.74, 6) is -0.956. The van der Waals surface area contributed by atoms with Crippen molar-refractivity contribution in [3.63, 3.8) is 0 Å². The topological polar surface area (TPSA) is 56.7 Å². The van der Waals surface area contributed by atoms with Gasteiger partial charge in [0.05, 0.1) is 0 Å². The smallest absolute Gasteiger partial charge is 0.354 e. The summed E-state index contributed by atoms with van der Waals surface area (Å²) < 4.78 is 0. The molecular weight excluding hydrogens is 266 g/mol. The third-order valence-corrected chi connectivity index (χ3v) is 4.75. The molecule has 0 amide bonds. The number of pyridine rings is 1. The quantitative estimate of drug-likeness (QED) is 0.920. The van der Waals surface area contributed by atoms with Crippen molar-refractivity contribution in [1.29, 1.82) is 0 Å². The van der Waals surface area contributed by atoms with Crippen LogP contribution in [0.25, 0.3) is 0 Å². The lowest BCUT2D eigenvalue weighted by atomic mass is 9.97. The van der Waals surface area contributed by atoms with Gasteiger partial charge < -0.3 is 5.11 Å². The van der Waals surface area contributed by atoms with Crippen LogP contribution in [-0.4, -0.2) is 57.6 Å². The first kappa shape index (κ1) is 14.5. The number of hydrogen-bond donors (Lipinski definition) is 1. The monoisotopic (exact) mass is 289 g/mol. The second-order valence-electron chi connectivity index (χ2n) is 6.28. The number of piperidine rings is 1. The second kappa shape index (κ2) is 6.12. The standard InChI is InChI=1S/C16H23N3O2/c1-12-9-18-7-3-2-4-14(18)11-19(12)10-13-5-6-17-15(8-13)16(20)21/h5-6,8,12,14H,2-4,7,9-11H2,1H3,(H,20,21). The first-order valence-electron chi connectivity index (χ1n) is 7.80. The van der Waals surface area contributed by atoms with E-state index in [2.05, 4.69) is 21.7 Å². The summed E-state index contributed by atoms with van der Waals surface area (Å²) in [5.41, 5.74) is 1.18. The molecule has 0 spiro atoms. The molecule has 114 valence electrons. The molecule has 5 heteroatoms. The van der Waals surface area contributed by atoms with Crippen LogP contribution in [0.1, 0.15) is 42.2 Å². The van der Waals surface area contributed by atoms with Crippen molar-refractivity contribution in [2.24, 2.45) is 0 Å². The number of carboxylic acid groups (broad SMARTS) is 1. The van der Waals surface area contributed by atoms with E-state index in [0.717, 1.165) is 25.2 Å². The summed E-state index contributed by atoms with van der Waals surface area (Å²) in [6, 6.07) is 4.81. The molecule has 2 aliphatic rings. The Morgan fingerprint density at radius 3 is 3.10 bits per heavy atom. The number of piperazine rings is 1. The Morgan fingerprint density at radius 1 is 1.43 bits per heavy atom. The van der Waals surface area contributed by atoms with E-state index in [4.69, 9.17) is 5.11 Å². The van der Waals surface area contributed by atoms with Crippen molar-refractivity contribution < 1.29 is 9.90 Å². The minimum atomic E-state index is -0.956. The van der Waals surface area contributed by atoms with Gasteiger partial charge in [0.2, 0.25) is 0 Å². The highest BCUT2D eigenvalue weighted by Gasteiger charge is 2.32. The second-order valence-corrected chi connectivity index (χ2v) is 6.28. The largest absolute Gasteiger partial charge is 0.477 e. The third-order valence-electron chi connectivity index (χ3n) is 4.75. The summed E-state index contributed by atoms with van der Waals surface area (Å²) in [7, 11) is 0. The van der Waals surface area contributed by atoms with Crippen LogP contribution in [-0.2, 0) is 6.54 Å². The summed E-state index contributed by atoms with van der Waals surface area (Å²) in [5, 5.41) is 9.04. The molecular formula is C16H23N3O2. The van der Waals surface area contributed by atoms with E-state index in [0.29, 0.717) is 12.1 Å². The fraction of sp³-hybridized carbons (Fsp3) is 0.625. The molecule has 2 aliphatic heterocycles. The van der Waals surface area contributed by atoms with Gasteiger partial charge in [-0.3, -0.25) is 9.80 Å². The number of rotatable bonds is 3. The van der Waals surface area contributed by atoms with Crippen molar-refractivity contribution in [1.82, 2.24) is 14.8 Å². The highest BCUT2D eigenvalue weighted by atomic mass is 16.4. The van der Waals surface area contributed by atoms with Crippen LogP contribution < -0.4 is 0 Å². The summed E-state index contributed by atoms with van der Waals surface area (Å²) in [6.45, 7) is 6.53. The average molecular weight is 289 g/mol. The van der Waals surface area contributed by atoms with Crippen LogP contribution in [0.15, 0.2) is 18.3 Å². The van der Waals surface area contributed by atoms with Crippen LogP contribution in [0.3, 0.4) is 0 Å². The number of nitrogens with zero attached hydrogens (tertiary/aromatic N) is 3. The lowest BCUT2D eigenvalue weighted by Crippen LogP contribution is -2.58. The number of fused-ring (bicyclic) bond motifs is 1. The van der Waals surface area contributed by atoms with E-state index in [9.17, 15) is 4.79 Å². The minimum absolute atomic E-state index is 0.136. The molecule has 0 radical (unpaired) electrons. The predicted molar refractivity (Wildman–Crippen MR) is 80.3 cm³/mol. The van der Waals surface area contributed by atoms with Gasteiger partial charge in [-0.15, -0.1) is 0 Å². The van der Waals surface area contributed by atoms with Gasteiger partial charge >= 0.3 is 5.97 Å². The molecule has 3 heterocycles. The average Bonchev–Trinajstić information content (AvgIpc) is 2.48. The summed E-state index contributed by atoms with van der Waals surface area (Å²) >= 11 is 0.